The van der Waals surface area contributed by atoms with Crippen LogP contribution in [0.2, 0.25) is 0 Å². The van der Waals surface area contributed by atoms with Crippen LogP contribution >= 0.6 is 0 Å². The third kappa shape index (κ3) is 1.33. The van der Waals surface area contributed by atoms with Gasteiger partial charge in [-0.3, -0.25) is 4.79 Å². The third-order valence-corrected chi connectivity index (χ3v) is 6.03. The van der Waals surface area contributed by atoms with E-state index >= 15 is 0 Å². The molecule has 0 aromatic rings. The minimum Gasteiger partial charge on any atom is -0.747 e. The summed E-state index contributed by atoms with van der Waals surface area (Å²) < 4.78 is 32.2. The maximum Gasteiger partial charge on any atom is 0.235 e. The molecule has 4 nitrogen and oxygen atoms in total. The summed E-state index contributed by atoms with van der Waals surface area (Å²) in [5, 5.41) is 0. The van der Waals surface area contributed by atoms with Gasteiger partial charge >= 0.3 is 0 Å². The van der Waals surface area contributed by atoms with Crippen LogP contribution < -0.4 is 24.0 Å². The van der Waals surface area contributed by atoms with E-state index in [4.69, 9.17) is 0 Å². The van der Waals surface area contributed by atoms with E-state index in [1.54, 1.807) is 13.8 Å². The van der Waals surface area contributed by atoms with E-state index in [0.29, 0.717) is 6.42 Å². The summed E-state index contributed by atoms with van der Waals surface area (Å²) in [4.78, 5) is 11.6. The molecule has 0 aromatic carbocycles. The van der Waals surface area contributed by atoms with Crippen LogP contribution in [0.15, 0.2) is 0 Å². The van der Waals surface area contributed by atoms with E-state index in [9.17, 15) is 17.8 Å². The van der Waals surface area contributed by atoms with Gasteiger partial charge in [-0.25, -0.2) is 8.42 Å². The number of Topliss-reactive ketones (excluding diaryl/α,β-unsaturated/α-hetero) is 1. The first-order valence-electron chi connectivity index (χ1n) is 4.72. The Hall–Kier alpha value is 0.310. The van der Waals surface area contributed by atoms with E-state index < -0.39 is 20.3 Å². The van der Waals surface area contributed by atoms with Gasteiger partial charge in [-0.2, -0.15) is 0 Å². The Labute approximate surface area is 107 Å². The number of carbonyl (C=O) groups is 1. The van der Waals surface area contributed by atoms with Gasteiger partial charge in [0.2, 0.25) is 24.0 Å². The van der Waals surface area contributed by atoms with Crippen molar-refractivity contribution in [1.82, 2.24) is 0 Å². The van der Waals surface area contributed by atoms with Crippen molar-refractivity contribution in [2.45, 2.75) is 37.9 Å². The van der Waals surface area contributed by atoms with Crippen molar-refractivity contribution in [3.05, 3.63) is 0 Å². The second-order valence-corrected chi connectivity index (χ2v) is 6.47. The predicted octanol–water partition coefficient (Wildman–Crippen LogP) is -2.85. The molecular formula is C9H15IO4S. The van der Waals surface area contributed by atoms with Crippen LogP contribution in [0.4, 0.5) is 0 Å². The molecule has 2 aliphatic rings. The molecule has 0 radical (unpaired) electrons. The normalized spacial score (nSPS) is 37.8. The van der Waals surface area contributed by atoms with Gasteiger partial charge in [0.1, 0.15) is 14.9 Å². The average molecular weight is 346 g/mol. The summed E-state index contributed by atoms with van der Waals surface area (Å²) in [5.74, 6) is -0.299. The van der Waals surface area contributed by atoms with Crippen molar-refractivity contribution < 1.29 is 41.7 Å². The first-order valence-corrected chi connectivity index (χ1v) is 6.13. The Morgan fingerprint density at radius 3 is 2.13 bits per heavy atom. The van der Waals surface area contributed by atoms with E-state index in [1.165, 1.54) is 0 Å². The number of halogens is 1. The number of fused-ring (bicyclic) bond motifs is 2. The number of hydrogen-bond acceptors (Lipinski definition) is 4. The van der Waals surface area contributed by atoms with Crippen molar-refractivity contribution in [3.63, 3.8) is 0 Å². The highest BCUT2D eigenvalue weighted by molar-refractivity contribution is 7.88. The molecule has 0 aliphatic heterocycles. The van der Waals surface area contributed by atoms with Crippen LogP contribution in [0, 0.1) is 11.3 Å². The van der Waals surface area contributed by atoms with E-state index in [1.807, 2.05) is 0 Å². The molecule has 2 bridgehead atoms. The average Bonchev–Trinajstić information content (AvgIpc) is 2.34. The molecule has 2 saturated carbocycles. The number of hydrogen-bond donors (Lipinski definition) is 0. The van der Waals surface area contributed by atoms with Gasteiger partial charge in [-0.1, -0.05) is 13.8 Å². The van der Waals surface area contributed by atoms with E-state index in [-0.39, 0.29) is 48.5 Å². The van der Waals surface area contributed by atoms with Crippen LogP contribution in [0.3, 0.4) is 0 Å². The number of rotatable bonds is 1. The largest absolute Gasteiger partial charge is 0.747 e. The predicted molar refractivity (Wildman–Crippen MR) is 51.3 cm³/mol. The molecule has 0 saturated heterocycles. The second kappa shape index (κ2) is 3.40. The molecule has 88 valence electrons. The fourth-order valence-electron chi connectivity index (χ4n) is 3.22. The molecule has 2 fully saturated rings. The summed E-state index contributed by atoms with van der Waals surface area (Å²) in [5.41, 5.74) is -0.676. The maximum absolute atomic E-state index is 11.6. The molecule has 2 unspecified atom stereocenters. The minimum atomic E-state index is -4.53. The van der Waals surface area contributed by atoms with Crippen LogP contribution in [0.25, 0.3) is 0 Å². The zero-order valence-electron chi connectivity index (χ0n) is 8.69. The van der Waals surface area contributed by atoms with Crippen LogP contribution in [-0.2, 0) is 14.9 Å². The Bertz CT molecular complexity index is 400. The lowest BCUT2D eigenvalue weighted by Crippen LogP contribution is -3.00. The van der Waals surface area contributed by atoms with Gasteiger partial charge in [-0.05, 0) is 24.2 Å². The van der Waals surface area contributed by atoms with Crippen molar-refractivity contribution in [3.8, 4) is 0 Å². The molecule has 0 N–H and O–H groups in total. The van der Waals surface area contributed by atoms with Crippen molar-refractivity contribution in [1.29, 1.82) is 0 Å². The molecule has 2 rings (SSSR count). The lowest BCUT2D eigenvalue weighted by Gasteiger charge is -2.38. The van der Waals surface area contributed by atoms with Gasteiger partial charge in [0.15, 0.2) is 5.78 Å². The van der Waals surface area contributed by atoms with Gasteiger partial charge in [0.25, 0.3) is 0 Å². The fourth-order valence-corrected chi connectivity index (χ4v) is 4.76. The third-order valence-electron chi connectivity index (χ3n) is 4.22. The maximum atomic E-state index is 11.6. The monoisotopic (exact) mass is 346 g/mol. The standard InChI is InChI=1S/C9H14O4S.H2I/c1-8(2)6-3-4-9(8,7(10)5-6)14(11,12)13;/h6H,3-5H2,1-2H3,(H,11,12,13);1H2/q;+1/p-1. The summed E-state index contributed by atoms with van der Waals surface area (Å²) in [6.07, 6.45) is 1.16. The molecule has 0 amide bonds. The molecule has 6 heteroatoms. The van der Waals surface area contributed by atoms with Gasteiger partial charge < -0.3 is 4.55 Å². The zero-order chi connectivity index (χ0) is 10.8. The van der Waals surface area contributed by atoms with Gasteiger partial charge in [-0.15, -0.1) is 0 Å². The zero-order valence-corrected chi connectivity index (χ0v) is 12.1. The molecule has 0 heterocycles. The summed E-state index contributed by atoms with van der Waals surface area (Å²) in [6.45, 7) is 3.45. The van der Waals surface area contributed by atoms with Crippen molar-refractivity contribution in [2.24, 2.45) is 11.3 Å². The first kappa shape index (κ1) is 13.4. The SMILES string of the molecule is CC1(C)C2CCC1(S(=O)(=O)[O-])C(=O)C2.[IH2+]. The van der Waals surface area contributed by atoms with Crippen LogP contribution in [0.5, 0.6) is 0 Å². The first-order chi connectivity index (χ1) is 6.23. The smallest absolute Gasteiger partial charge is 0.235 e. The molecule has 0 aromatic heterocycles. The highest BCUT2D eigenvalue weighted by Gasteiger charge is 2.68. The lowest BCUT2D eigenvalue weighted by atomic mass is 9.81. The molecule has 15 heavy (non-hydrogen) atoms. The van der Waals surface area contributed by atoms with Gasteiger partial charge in [0, 0.05) is 6.42 Å². The van der Waals surface area contributed by atoms with Crippen LogP contribution in [-0.4, -0.2) is 23.5 Å². The van der Waals surface area contributed by atoms with Gasteiger partial charge in [0.05, 0.1) is 0 Å². The highest BCUT2D eigenvalue weighted by atomic mass is 127. The summed E-state index contributed by atoms with van der Waals surface area (Å²) in [7, 11) is -4.53. The Kier molecular flexibility index (Phi) is 3.03. The number of carbonyl (C=O) groups excluding carboxylic acids is 1. The quantitative estimate of drug-likeness (QED) is 0.378. The van der Waals surface area contributed by atoms with E-state index in [2.05, 4.69) is 0 Å². The molecule has 2 atom stereocenters. The summed E-state index contributed by atoms with van der Waals surface area (Å²) >= 11 is 0. The van der Waals surface area contributed by atoms with Crippen molar-refractivity contribution in [2.75, 3.05) is 0 Å². The molecular weight excluding hydrogens is 331 g/mol. The topological polar surface area (TPSA) is 74.3 Å². The Morgan fingerprint density at radius 1 is 1.40 bits per heavy atom. The fraction of sp³-hybridized carbons (Fsp3) is 0.889. The molecule has 0 spiro atoms. The van der Waals surface area contributed by atoms with Crippen LogP contribution in [0.1, 0.15) is 33.1 Å². The minimum absolute atomic E-state index is 0. The lowest BCUT2D eigenvalue weighted by molar-refractivity contribution is -0.121. The molecule has 2 aliphatic carbocycles. The van der Waals surface area contributed by atoms with E-state index in [0.717, 1.165) is 0 Å². The summed E-state index contributed by atoms with van der Waals surface area (Å²) in [6, 6.07) is 0. The van der Waals surface area contributed by atoms with Crippen molar-refractivity contribution >= 4 is 15.9 Å². The Balaban J connectivity index is 0.00000112. The second-order valence-electron chi connectivity index (χ2n) is 4.87. The Morgan fingerprint density at radius 2 is 1.93 bits per heavy atom. The number of ketones is 1. The highest BCUT2D eigenvalue weighted by Crippen LogP contribution is 2.61.